The molecule has 0 fully saturated rings. The molecule has 3 atom stereocenters. The minimum absolute atomic E-state index is 0.0272. The fourth-order valence-electron chi connectivity index (χ4n) is 2.78. The number of benzene rings is 2. The fourth-order valence-corrected chi connectivity index (χ4v) is 3.93. The molecule has 3 N–H and O–H groups in total. The molecule has 0 heterocycles. The summed E-state index contributed by atoms with van der Waals surface area (Å²) in [6.07, 6.45) is -0.213. The zero-order valence-corrected chi connectivity index (χ0v) is 17.2. The van der Waals surface area contributed by atoms with Crippen molar-refractivity contribution < 1.29 is 28.1 Å². The molecule has 2 aromatic carbocycles. The molecule has 0 spiro atoms. The van der Waals surface area contributed by atoms with Gasteiger partial charge in [0.25, 0.3) is 0 Å². The number of hydrogen-bond acceptors (Lipinski definition) is 4. The molecule has 7 nitrogen and oxygen atoms in total. The number of halogens is 1. The molecule has 0 saturated carbocycles. The van der Waals surface area contributed by atoms with E-state index in [0.717, 1.165) is 0 Å². The molecule has 2 rings (SSSR count). The molecule has 30 heavy (non-hydrogen) atoms. The second-order valence-electron chi connectivity index (χ2n) is 6.60. The van der Waals surface area contributed by atoms with Crippen LogP contribution in [0.4, 0.5) is 4.39 Å². The van der Waals surface area contributed by atoms with Gasteiger partial charge >= 0.3 is 5.97 Å². The van der Waals surface area contributed by atoms with Gasteiger partial charge in [-0.3, -0.25) is 13.8 Å². The first kappa shape index (κ1) is 23.2. The molecule has 0 aromatic heterocycles. The van der Waals surface area contributed by atoms with Crippen molar-refractivity contribution >= 4 is 28.6 Å². The van der Waals surface area contributed by atoms with Crippen LogP contribution in [-0.4, -0.2) is 44.9 Å². The summed E-state index contributed by atoms with van der Waals surface area (Å²) in [5.41, 5.74) is 0.212. The zero-order chi connectivity index (χ0) is 22.1. The highest BCUT2D eigenvalue weighted by atomic mass is 32.2. The second kappa shape index (κ2) is 11.2. The SMILES string of the molecule is CC(=O)N[C@@H](Cc1ccccc1F)C(=O)N[C@@H](CC[S@@](=O)c1ccccc1)C(=O)O. The van der Waals surface area contributed by atoms with E-state index in [0.29, 0.717) is 4.90 Å². The van der Waals surface area contributed by atoms with Crippen molar-refractivity contribution in [3.05, 3.63) is 66.0 Å². The highest BCUT2D eigenvalue weighted by molar-refractivity contribution is 7.85. The minimum Gasteiger partial charge on any atom is -0.480 e. The van der Waals surface area contributed by atoms with Crippen LogP contribution >= 0.6 is 0 Å². The fraction of sp³-hybridized carbons (Fsp3) is 0.286. The van der Waals surface area contributed by atoms with Gasteiger partial charge in [-0.25, -0.2) is 9.18 Å². The van der Waals surface area contributed by atoms with Crippen molar-refractivity contribution in [1.82, 2.24) is 10.6 Å². The lowest BCUT2D eigenvalue weighted by Crippen LogP contribution is -2.52. The second-order valence-corrected chi connectivity index (χ2v) is 8.17. The lowest BCUT2D eigenvalue weighted by molar-refractivity contribution is -0.142. The van der Waals surface area contributed by atoms with Gasteiger partial charge in [0.05, 0.1) is 10.8 Å². The van der Waals surface area contributed by atoms with Crippen LogP contribution in [0.5, 0.6) is 0 Å². The van der Waals surface area contributed by atoms with Gasteiger partial charge in [-0.2, -0.15) is 0 Å². The minimum atomic E-state index is -1.42. The zero-order valence-electron chi connectivity index (χ0n) is 16.3. The van der Waals surface area contributed by atoms with Gasteiger partial charge in [0.1, 0.15) is 17.9 Å². The number of carbonyl (C=O) groups excluding carboxylic acids is 2. The number of rotatable bonds is 10. The van der Waals surface area contributed by atoms with Crippen molar-refractivity contribution in [2.24, 2.45) is 0 Å². The van der Waals surface area contributed by atoms with Gasteiger partial charge in [0.15, 0.2) is 0 Å². The third-order valence-corrected chi connectivity index (χ3v) is 5.69. The molecule has 160 valence electrons. The normalized spacial score (nSPS) is 13.7. The number of hydrogen-bond donors (Lipinski definition) is 3. The summed E-state index contributed by atoms with van der Waals surface area (Å²) >= 11 is 0. The van der Waals surface area contributed by atoms with E-state index < -0.39 is 46.5 Å². The van der Waals surface area contributed by atoms with Crippen molar-refractivity contribution in [3.63, 3.8) is 0 Å². The van der Waals surface area contributed by atoms with Crippen LogP contribution in [0, 0.1) is 5.82 Å². The molecular formula is C21H23FN2O5S. The van der Waals surface area contributed by atoms with Crippen LogP contribution < -0.4 is 10.6 Å². The highest BCUT2D eigenvalue weighted by Crippen LogP contribution is 2.11. The molecule has 0 aliphatic heterocycles. The van der Waals surface area contributed by atoms with Crippen molar-refractivity contribution in [1.29, 1.82) is 0 Å². The molecule has 0 aliphatic rings. The predicted molar refractivity (Wildman–Crippen MR) is 110 cm³/mol. The smallest absolute Gasteiger partial charge is 0.326 e. The van der Waals surface area contributed by atoms with Gasteiger partial charge in [0, 0.05) is 24.0 Å². The quantitative estimate of drug-likeness (QED) is 0.526. The molecule has 2 aromatic rings. The molecule has 0 aliphatic carbocycles. The first-order valence-electron chi connectivity index (χ1n) is 9.25. The Balaban J connectivity index is 2.06. The maximum Gasteiger partial charge on any atom is 0.326 e. The Morgan fingerprint density at radius 1 is 1.00 bits per heavy atom. The Bertz CT molecular complexity index is 923. The molecule has 9 heteroatoms. The van der Waals surface area contributed by atoms with Crippen molar-refractivity contribution in [3.8, 4) is 0 Å². The van der Waals surface area contributed by atoms with E-state index in [4.69, 9.17) is 0 Å². The predicted octanol–water partition coefficient (Wildman–Crippen LogP) is 1.64. The third-order valence-electron chi connectivity index (χ3n) is 4.29. The van der Waals surface area contributed by atoms with E-state index in [1.165, 1.54) is 25.1 Å². The first-order chi connectivity index (χ1) is 14.3. The van der Waals surface area contributed by atoms with Crippen LogP contribution in [0.3, 0.4) is 0 Å². The van der Waals surface area contributed by atoms with Crippen LogP contribution in [0.25, 0.3) is 0 Å². The van der Waals surface area contributed by atoms with E-state index in [-0.39, 0.29) is 24.2 Å². The van der Waals surface area contributed by atoms with Crippen LogP contribution in [0.1, 0.15) is 18.9 Å². The average molecular weight is 434 g/mol. The number of nitrogens with one attached hydrogen (secondary N) is 2. The van der Waals surface area contributed by atoms with Gasteiger partial charge in [0.2, 0.25) is 11.8 Å². The number of carboxylic acids is 1. The van der Waals surface area contributed by atoms with Crippen LogP contribution in [0.15, 0.2) is 59.5 Å². The number of carbonyl (C=O) groups is 3. The van der Waals surface area contributed by atoms with Gasteiger partial charge in [-0.1, -0.05) is 36.4 Å². The van der Waals surface area contributed by atoms with Crippen molar-refractivity contribution in [2.45, 2.75) is 36.7 Å². The maximum absolute atomic E-state index is 13.9. The Kier molecular flexibility index (Phi) is 8.67. The molecule has 2 amide bonds. The molecule has 0 saturated heterocycles. The average Bonchev–Trinajstić information content (AvgIpc) is 2.71. The van der Waals surface area contributed by atoms with E-state index in [9.17, 15) is 28.1 Å². The largest absolute Gasteiger partial charge is 0.480 e. The number of carboxylic acid groups (broad SMARTS) is 1. The maximum atomic E-state index is 13.9. The Morgan fingerprint density at radius 3 is 2.23 bits per heavy atom. The summed E-state index contributed by atoms with van der Waals surface area (Å²) in [6.45, 7) is 1.21. The first-order valence-corrected chi connectivity index (χ1v) is 10.6. The summed E-state index contributed by atoms with van der Waals surface area (Å²) in [4.78, 5) is 36.3. The van der Waals surface area contributed by atoms with E-state index in [1.807, 2.05) is 0 Å². The van der Waals surface area contributed by atoms with Crippen LogP contribution in [-0.2, 0) is 31.6 Å². The monoisotopic (exact) mass is 434 g/mol. The summed E-state index contributed by atoms with van der Waals surface area (Å²) in [7, 11) is -1.42. The molecule has 0 unspecified atom stereocenters. The van der Waals surface area contributed by atoms with Gasteiger partial charge < -0.3 is 15.7 Å². The highest BCUT2D eigenvalue weighted by Gasteiger charge is 2.27. The lowest BCUT2D eigenvalue weighted by Gasteiger charge is -2.21. The number of aliphatic carboxylic acids is 1. The lowest BCUT2D eigenvalue weighted by atomic mass is 10.0. The van der Waals surface area contributed by atoms with E-state index in [2.05, 4.69) is 10.6 Å². The Hall–Kier alpha value is -3.07. The Labute approximate surface area is 176 Å². The van der Waals surface area contributed by atoms with Crippen molar-refractivity contribution in [2.75, 3.05) is 5.75 Å². The van der Waals surface area contributed by atoms with Gasteiger partial charge in [-0.15, -0.1) is 0 Å². The summed E-state index contributed by atoms with van der Waals surface area (Å²) < 4.78 is 26.3. The van der Waals surface area contributed by atoms with E-state index >= 15 is 0 Å². The molecular weight excluding hydrogens is 411 g/mol. The van der Waals surface area contributed by atoms with E-state index in [1.54, 1.807) is 36.4 Å². The van der Waals surface area contributed by atoms with Crippen LogP contribution in [0.2, 0.25) is 0 Å². The van der Waals surface area contributed by atoms with Gasteiger partial charge in [-0.05, 0) is 30.2 Å². The third kappa shape index (κ3) is 7.07. The summed E-state index contributed by atoms with van der Waals surface area (Å²) in [6, 6.07) is 11.9. The summed E-state index contributed by atoms with van der Waals surface area (Å²) in [5, 5.41) is 14.2. The Morgan fingerprint density at radius 2 is 1.63 bits per heavy atom. The standard InChI is InChI=1S/C21H23FN2O5S/c1-14(25)23-19(13-15-7-5-6-10-17(15)22)20(26)24-18(21(27)28)11-12-30(29)16-8-3-2-4-9-16/h2-10,18-19H,11-13H2,1H3,(H,23,25)(H,24,26)(H,27,28)/t18-,19-,30+/m0/s1. The topological polar surface area (TPSA) is 113 Å². The summed E-state index contributed by atoms with van der Waals surface area (Å²) in [5.74, 6) is -3.07. The molecule has 0 radical (unpaired) electrons. The number of amides is 2. The molecule has 0 bridgehead atoms.